The molecule has 0 amide bonds. The lowest BCUT2D eigenvalue weighted by molar-refractivity contribution is 0.0697. The van der Waals surface area contributed by atoms with Gasteiger partial charge in [0.15, 0.2) is 0 Å². The van der Waals surface area contributed by atoms with Gasteiger partial charge in [-0.15, -0.1) is 0 Å². The van der Waals surface area contributed by atoms with Gasteiger partial charge in [-0.05, 0) is 30.5 Å². The molecule has 0 spiro atoms. The van der Waals surface area contributed by atoms with Gasteiger partial charge in [-0.2, -0.15) is 0 Å². The molecule has 1 N–H and O–H groups in total. The Bertz CT molecular complexity index is 408. The molecule has 0 aliphatic carbocycles. The van der Waals surface area contributed by atoms with Crippen LogP contribution in [0.1, 0.15) is 99.9 Å². The molecule has 0 aromatic heterocycles. The van der Waals surface area contributed by atoms with Crippen molar-refractivity contribution in [2.45, 2.75) is 90.4 Å². The summed E-state index contributed by atoms with van der Waals surface area (Å²) in [5.41, 5.74) is 1.63. The number of benzene rings is 1. The van der Waals surface area contributed by atoms with Crippen LogP contribution in [0, 0.1) is 0 Å². The van der Waals surface area contributed by atoms with Crippen LogP contribution in [0.2, 0.25) is 0 Å². The van der Waals surface area contributed by atoms with Gasteiger partial charge < -0.3 is 5.11 Å². The lowest BCUT2D eigenvalue weighted by atomic mass is 10.0. The quantitative estimate of drug-likeness (QED) is 0.391. The smallest absolute Gasteiger partial charge is 0.335 e. The highest BCUT2D eigenvalue weighted by molar-refractivity contribution is 5.87. The van der Waals surface area contributed by atoms with Crippen LogP contribution in [0.5, 0.6) is 0 Å². The standard InChI is InChI=1S/C21H34O2/c1-2-3-4-5-6-7-8-9-10-11-12-13-14-19-15-17-20(18-16-19)21(22)23/h15-18H,2-14H2,1H3,(H,22,23). The number of hydrogen-bond acceptors (Lipinski definition) is 1. The third-order valence-electron chi connectivity index (χ3n) is 4.52. The van der Waals surface area contributed by atoms with Gasteiger partial charge in [0.25, 0.3) is 0 Å². The molecule has 1 aromatic rings. The number of carbonyl (C=O) groups is 1. The number of aryl methyl sites for hydroxylation is 1. The monoisotopic (exact) mass is 318 g/mol. The zero-order valence-electron chi connectivity index (χ0n) is 14.9. The van der Waals surface area contributed by atoms with Crippen LogP contribution in [0.15, 0.2) is 24.3 Å². The topological polar surface area (TPSA) is 37.3 Å². The summed E-state index contributed by atoms with van der Waals surface area (Å²) >= 11 is 0. The Morgan fingerprint density at radius 3 is 1.61 bits per heavy atom. The van der Waals surface area contributed by atoms with Gasteiger partial charge in [0.05, 0.1) is 5.56 Å². The summed E-state index contributed by atoms with van der Waals surface area (Å²) in [5.74, 6) is -0.845. The van der Waals surface area contributed by atoms with E-state index in [1.807, 2.05) is 12.1 Å². The van der Waals surface area contributed by atoms with E-state index in [1.54, 1.807) is 12.1 Å². The Morgan fingerprint density at radius 2 is 1.17 bits per heavy atom. The number of rotatable bonds is 14. The first-order valence-electron chi connectivity index (χ1n) is 9.56. The molecule has 0 fully saturated rings. The van der Waals surface area contributed by atoms with Crippen molar-refractivity contribution < 1.29 is 9.90 Å². The fraction of sp³-hybridized carbons (Fsp3) is 0.667. The summed E-state index contributed by atoms with van der Waals surface area (Å²) in [6.45, 7) is 2.27. The fourth-order valence-corrected chi connectivity index (χ4v) is 2.98. The molecule has 2 heteroatoms. The molecule has 130 valence electrons. The summed E-state index contributed by atoms with van der Waals surface area (Å²) in [4.78, 5) is 10.8. The Morgan fingerprint density at radius 1 is 0.739 bits per heavy atom. The number of aromatic carboxylic acids is 1. The van der Waals surface area contributed by atoms with Crippen LogP contribution in [0.4, 0.5) is 0 Å². The molecular formula is C21H34O2. The van der Waals surface area contributed by atoms with Gasteiger partial charge in [0.1, 0.15) is 0 Å². The highest BCUT2D eigenvalue weighted by Crippen LogP contribution is 2.13. The summed E-state index contributed by atoms with van der Waals surface area (Å²) in [7, 11) is 0. The summed E-state index contributed by atoms with van der Waals surface area (Å²) in [6.07, 6.45) is 17.5. The minimum atomic E-state index is -0.845. The molecule has 23 heavy (non-hydrogen) atoms. The molecular weight excluding hydrogens is 284 g/mol. The Labute approximate surface area is 142 Å². The predicted octanol–water partition coefficient (Wildman–Crippen LogP) is 6.63. The molecule has 1 aromatic carbocycles. The van der Waals surface area contributed by atoms with Crippen molar-refractivity contribution in [3.63, 3.8) is 0 Å². The molecule has 0 saturated carbocycles. The molecule has 0 heterocycles. The van der Waals surface area contributed by atoms with Crippen LogP contribution in [0.25, 0.3) is 0 Å². The van der Waals surface area contributed by atoms with E-state index < -0.39 is 5.97 Å². The SMILES string of the molecule is CCCCCCCCCCCCCCc1ccc(C(=O)O)cc1. The third kappa shape index (κ3) is 10.1. The van der Waals surface area contributed by atoms with E-state index in [0.717, 1.165) is 6.42 Å². The fourth-order valence-electron chi connectivity index (χ4n) is 2.98. The Hall–Kier alpha value is -1.31. The van der Waals surface area contributed by atoms with Crippen LogP contribution >= 0.6 is 0 Å². The minimum absolute atomic E-state index is 0.378. The van der Waals surface area contributed by atoms with Crippen LogP contribution in [-0.4, -0.2) is 11.1 Å². The number of carboxylic acids is 1. The van der Waals surface area contributed by atoms with Crippen LogP contribution in [-0.2, 0) is 6.42 Å². The maximum absolute atomic E-state index is 10.8. The first-order valence-corrected chi connectivity index (χ1v) is 9.56. The van der Waals surface area contributed by atoms with Crippen molar-refractivity contribution in [1.29, 1.82) is 0 Å². The zero-order valence-corrected chi connectivity index (χ0v) is 14.9. The maximum Gasteiger partial charge on any atom is 0.335 e. The Balaban J connectivity index is 1.90. The van der Waals surface area contributed by atoms with Crippen molar-refractivity contribution in [3.05, 3.63) is 35.4 Å². The van der Waals surface area contributed by atoms with Gasteiger partial charge in [-0.3, -0.25) is 0 Å². The van der Waals surface area contributed by atoms with Crippen molar-refractivity contribution in [3.8, 4) is 0 Å². The van der Waals surface area contributed by atoms with E-state index >= 15 is 0 Å². The average Bonchev–Trinajstić information content (AvgIpc) is 2.56. The van der Waals surface area contributed by atoms with Crippen molar-refractivity contribution in [2.24, 2.45) is 0 Å². The Kier molecular flexibility index (Phi) is 11.3. The van der Waals surface area contributed by atoms with Gasteiger partial charge in [0.2, 0.25) is 0 Å². The van der Waals surface area contributed by atoms with Crippen molar-refractivity contribution >= 4 is 5.97 Å². The second-order valence-corrected chi connectivity index (χ2v) is 6.64. The third-order valence-corrected chi connectivity index (χ3v) is 4.52. The predicted molar refractivity (Wildman–Crippen MR) is 98.2 cm³/mol. The largest absolute Gasteiger partial charge is 0.478 e. The highest BCUT2D eigenvalue weighted by atomic mass is 16.4. The van der Waals surface area contributed by atoms with E-state index in [4.69, 9.17) is 5.11 Å². The lowest BCUT2D eigenvalue weighted by Crippen LogP contribution is -1.96. The van der Waals surface area contributed by atoms with E-state index in [-0.39, 0.29) is 0 Å². The minimum Gasteiger partial charge on any atom is -0.478 e. The van der Waals surface area contributed by atoms with Gasteiger partial charge in [0, 0.05) is 0 Å². The second kappa shape index (κ2) is 13.2. The molecule has 0 saturated heterocycles. The second-order valence-electron chi connectivity index (χ2n) is 6.64. The summed E-state index contributed by atoms with van der Waals surface area (Å²) < 4.78 is 0. The van der Waals surface area contributed by atoms with E-state index in [1.165, 1.54) is 82.6 Å². The normalized spacial score (nSPS) is 10.8. The molecule has 0 bridgehead atoms. The highest BCUT2D eigenvalue weighted by Gasteiger charge is 2.01. The van der Waals surface area contributed by atoms with E-state index in [9.17, 15) is 4.79 Å². The van der Waals surface area contributed by atoms with Crippen LogP contribution < -0.4 is 0 Å². The summed E-state index contributed by atoms with van der Waals surface area (Å²) in [5, 5.41) is 8.86. The van der Waals surface area contributed by atoms with Gasteiger partial charge in [-0.25, -0.2) is 4.79 Å². The lowest BCUT2D eigenvalue weighted by Gasteiger charge is -2.04. The zero-order chi connectivity index (χ0) is 16.8. The molecule has 2 nitrogen and oxygen atoms in total. The summed E-state index contributed by atoms with van der Waals surface area (Å²) in [6, 6.07) is 7.31. The maximum atomic E-state index is 10.8. The van der Waals surface area contributed by atoms with E-state index in [2.05, 4.69) is 6.92 Å². The first-order chi connectivity index (χ1) is 11.2. The molecule has 0 aliphatic rings. The van der Waals surface area contributed by atoms with Gasteiger partial charge >= 0.3 is 5.97 Å². The number of hydrogen-bond donors (Lipinski definition) is 1. The first kappa shape index (κ1) is 19.7. The van der Waals surface area contributed by atoms with Crippen molar-refractivity contribution in [1.82, 2.24) is 0 Å². The number of unbranched alkanes of at least 4 members (excludes halogenated alkanes) is 11. The molecule has 1 rings (SSSR count). The molecule has 0 unspecified atom stereocenters. The van der Waals surface area contributed by atoms with Crippen LogP contribution in [0.3, 0.4) is 0 Å². The number of carboxylic acid groups (broad SMARTS) is 1. The van der Waals surface area contributed by atoms with Gasteiger partial charge in [-0.1, -0.05) is 89.7 Å². The average molecular weight is 319 g/mol. The van der Waals surface area contributed by atoms with E-state index in [0.29, 0.717) is 5.56 Å². The molecule has 0 radical (unpaired) electrons. The van der Waals surface area contributed by atoms with Crippen molar-refractivity contribution in [2.75, 3.05) is 0 Å². The molecule has 0 atom stereocenters. The molecule has 0 aliphatic heterocycles.